The fourth-order valence-electron chi connectivity index (χ4n) is 4.51. The van der Waals surface area contributed by atoms with E-state index < -0.39 is 5.82 Å². The van der Waals surface area contributed by atoms with E-state index >= 15 is 4.39 Å². The summed E-state index contributed by atoms with van der Waals surface area (Å²) < 4.78 is 24.0. The van der Waals surface area contributed by atoms with Crippen molar-refractivity contribution in [2.24, 2.45) is 5.92 Å². The number of hydrogen-bond donors (Lipinski definition) is 0. The highest BCUT2D eigenvalue weighted by Crippen LogP contribution is 2.42. The zero-order valence-corrected chi connectivity index (χ0v) is 18.0. The third kappa shape index (κ3) is 3.25. The largest absolute Gasteiger partial charge is 0.381 e. The number of halogens is 3. The van der Waals surface area contributed by atoms with E-state index in [0.29, 0.717) is 11.4 Å². The van der Waals surface area contributed by atoms with Gasteiger partial charge in [-0.1, -0.05) is 41.9 Å². The molecular weight excluding hydrogens is 455 g/mol. The molecule has 2 aromatic carbocycles. The lowest BCUT2D eigenvalue weighted by Crippen LogP contribution is -2.27. The normalized spacial score (nSPS) is 16.5. The van der Waals surface area contributed by atoms with Gasteiger partial charge in [0.2, 0.25) is 0 Å². The minimum absolute atomic E-state index is 0.0378. The Labute approximate surface area is 181 Å². The summed E-state index contributed by atoms with van der Waals surface area (Å²) >= 11 is 9.76. The maximum absolute atomic E-state index is 15.4. The van der Waals surface area contributed by atoms with Crippen molar-refractivity contribution in [1.82, 2.24) is 9.55 Å². The van der Waals surface area contributed by atoms with E-state index in [1.54, 1.807) is 12.3 Å². The first-order chi connectivity index (χ1) is 14.1. The maximum Gasteiger partial charge on any atom is 0.166 e. The molecule has 1 unspecified atom stereocenters. The van der Waals surface area contributed by atoms with Gasteiger partial charge in [-0.3, -0.25) is 4.98 Å². The van der Waals surface area contributed by atoms with Crippen LogP contribution in [0.25, 0.3) is 21.9 Å². The molecule has 3 nitrogen and oxygen atoms in total. The summed E-state index contributed by atoms with van der Waals surface area (Å²) in [5.74, 6) is -0.0754. The molecule has 6 heteroatoms. The Balaban J connectivity index is 1.88. The number of nitrogens with zero attached hydrogens (tertiary/aromatic N) is 2. The molecule has 0 amide bonds. The molecule has 3 heterocycles. The average Bonchev–Trinajstić information content (AvgIpc) is 3.06. The van der Waals surface area contributed by atoms with Crippen molar-refractivity contribution < 1.29 is 9.13 Å². The van der Waals surface area contributed by atoms with Gasteiger partial charge in [0.15, 0.2) is 5.82 Å². The van der Waals surface area contributed by atoms with Gasteiger partial charge in [0.05, 0.1) is 27.6 Å². The van der Waals surface area contributed by atoms with Crippen molar-refractivity contribution in [1.29, 1.82) is 0 Å². The van der Waals surface area contributed by atoms with Crippen LogP contribution in [0.1, 0.15) is 24.4 Å². The van der Waals surface area contributed by atoms with Gasteiger partial charge in [0, 0.05) is 29.3 Å². The number of ether oxygens (including phenoxy) is 1. The van der Waals surface area contributed by atoms with Gasteiger partial charge in [-0.25, -0.2) is 4.39 Å². The average molecular weight is 474 g/mol. The van der Waals surface area contributed by atoms with E-state index in [-0.39, 0.29) is 11.1 Å². The molecule has 0 N–H and O–H groups in total. The highest BCUT2D eigenvalue weighted by Gasteiger charge is 2.31. The molecule has 0 spiro atoms. The molecular formula is C23H19BrClFN2O. The molecule has 5 rings (SSSR count). The molecule has 1 aliphatic rings. The molecule has 0 radical (unpaired) electrons. The van der Waals surface area contributed by atoms with E-state index in [2.05, 4.69) is 37.6 Å². The van der Waals surface area contributed by atoms with Gasteiger partial charge >= 0.3 is 0 Å². The number of pyridine rings is 1. The van der Waals surface area contributed by atoms with Gasteiger partial charge < -0.3 is 9.30 Å². The fourth-order valence-corrected chi connectivity index (χ4v) is 4.98. The zero-order valence-electron chi connectivity index (χ0n) is 15.6. The second-order valence-electron chi connectivity index (χ2n) is 7.45. The zero-order chi connectivity index (χ0) is 20.0. The summed E-state index contributed by atoms with van der Waals surface area (Å²) in [6.07, 6.45) is 3.60. The Morgan fingerprint density at radius 1 is 1.14 bits per heavy atom. The third-order valence-electron chi connectivity index (χ3n) is 5.79. The quantitative estimate of drug-likeness (QED) is 0.329. The monoisotopic (exact) mass is 472 g/mol. The molecule has 0 aliphatic carbocycles. The van der Waals surface area contributed by atoms with Gasteiger partial charge in [-0.05, 0) is 58.5 Å². The molecule has 0 saturated carbocycles. The third-order valence-corrected chi connectivity index (χ3v) is 6.52. The molecule has 1 aliphatic heterocycles. The highest BCUT2D eigenvalue weighted by molar-refractivity contribution is 9.10. The van der Waals surface area contributed by atoms with Crippen molar-refractivity contribution >= 4 is 49.5 Å². The summed E-state index contributed by atoms with van der Waals surface area (Å²) in [5.41, 5.74) is 3.35. The van der Waals surface area contributed by atoms with Gasteiger partial charge in [-0.2, -0.15) is 0 Å². The lowest BCUT2D eigenvalue weighted by atomic mass is 9.86. The van der Waals surface area contributed by atoms with E-state index in [0.717, 1.165) is 52.5 Å². The summed E-state index contributed by atoms with van der Waals surface area (Å²) in [6, 6.07) is 15.8. The van der Waals surface area contributed by atoms with E-state index in [1.807, 2.05) is 30.3 Å². The number of benzene rings is 2. The molecule has 1 fully saturated rings. The molecule has 4 aromatic rings. The van der Waals surface area contributed by atoms with Crippen molar-refractivity contribution in [3.63, 3.8) is 0 Å². The smallest absolute Gasteiger partial charge is 0.166 e. The second-order valence-corrected chi connectivity index (χ2v) is 8.78. The molecule has 148 valence electrons. The van der Waals surface area contributed by atoms with Crippen LogP contribution in [0.15, 0.2) is 59.2 Å². The molecule has 2 aromatic heterocycles. The van der Waals surface area contributed by atoms with Gasteiger partial charge in [-0.15, -0.1) is 0 Å². The van der Waals surface area contributed by atoms with Crippen LogP contribution < -0.4 is 0 Å². The SMILES string of the molecule is Fc1c(Cl)ccc2c3ncc(Br)cc3n(C(c3ccccc3)C3CCOCC3)c12. The lowest BCUT2D eigenvalue weighted by Gasteiger charge is -2.33. The van der Waals surface area contributed by atoms with Gasteiger partial charge in [0.25, 0.3) is 0 Å². The minimum atomic E-state index is -0.397. The fraction of sp³-hybridized carbons (Fsp3) is 0.261. The Kier molecular flexibility index (Phi) is 5.06. The van der Waals surface area contributed by atoms with Crippen molar-refractivity contribution in [2.75, 3.05) is 13.2 Å². The minimum Gasteiger partial charge on any atom is -0.381 e. The van der Waals surface area contributed by atoms with Crippen LogP contribution in [0.3, 0.4) is 0 Å². The number of hydrogen-bond acceptors (Lipinski definition) is 2. The summed E-state index contributed by atoms with van der Waals surface area (Å²) in [4.78, 5) is 4.62. The van der Waals surface area contributed by atoms with E-state index in [4.69, 9.17) is 16.3 Å². The molecule has 0 bridgehead atoms. The maximum atomic E-state index is 15.4. The summed E-state index contributed by atoms with van der Waals surface area (Å²) in [5, 5.41) is 0.904. The van der Waals surface area contributed by atoms with Crippen molar-refractivity contribution in [3.8, 4) is 0 Å². The molecule has 1 atom stereocenters. The number of aromatic nitrogens is 2. The van der Waals surface area contributed by atoms with Crippen LogP contribution in [0.2, 0.25) is 5.02 Å². The van der Waals surface area contributed by atoms with Crippen molar-refractivity contribution in [3.05, 3.63) is 75.6 Å². The first kappa shape index (κ1) is 19.0. The molecule has 29 heavy (non-hydrogen) atoms. The first-order valence-electron chi connectivity index (χ1n) is 9.71. The van der Waals surface area contributed by atoms with Crippen LogP contribution in [-0.2, 0) is 4.74 Å². The predicted octanol–water partition coefficient (Wildman–Crippen LogP) is 6.76. The van der Waals surface area contributed by atoms with Gasteiger partial charge in [0.1, 0.15) is 0 Å². The van der Waals surface area contributed by atoms with E-state index in [9.17, 15) is 0 Å². The topological polar surface area (TPSA) is 27.1 Å². The van der Waals surface area contributed by atoms with Crippen LogP contribution in [-0.4, -0.2) is 22.8 Å². The Bertz CT molecular complexity index is 1190. The Morgan fingerprint density at radius 3 is 2.66 bits per heavy atom. The van der Waals surface area contributed by atoms with Crippen LogP contribution in [0.5, 0.6) is 0 Å². The second kappa shape index (κ2) is 7.71. The first-order valence-corrected chi connectivity index (χ1v) is 10.9. The number of fused-ring (bicyclic) bond motifs is 3. The van der Waals surface area contributed by atoms with Crippen LogP contribution >= 0.6 is 27.5 Å². The van der Waals surface area contributed by atoms with Crippen molar-refractivity contribution in [2.45, 2.75) is 18.9 Å². The Morgan fingerprint density at radius 2 is 1.90 bits per heavy atom. The van der Waals surface area contributed by atoms with Crippen LogP contribution in [0.4, 0.5) is 4.39 Å². The molecule has 1 saturated heterocycles. The van der Waals surface area contributed by atoms with E-state index in [1.165, 1.54) is 0 Å². The van der Waals surface area contributed by atoms with Crippen LogP contribution in [0, 0.1) is 11.7 Å². The lowest BCUT2D eigenvalue weighted by molar-refractivity contribution is 0.0552. The standard InChI is InChI=1S/C23H19BrClFN2O/c24-16-12-19-21(27-13-16)17-6-7-18(25)20(26)23(17)28(19)22(14-4-2-1-3-5-14)15-8-10-29-11-9-15/h1-7,12-13,15,22H,8-11H2. The summed E-state index contributed by atoms with van der Waals surface area (Å²) in [7, 11) is 0. The summed E-state index contributed by atoms with van der Waals surface area (Å²) in [6.45, 7) is 1.44. The predicted molar refractivity (Wildman–Crippen MR) is 118 cm³/mol. The highest BCUT2D eigenvalue weighted by atomic mass is 79.9. The Hall–Kier alpha value is -1.95. The number of rotatable bonds is 3.